The van der Waals surface area contributed by atoms with Crippen molar-refractivity contribution in [1.82, 2.24) is 4.31 Å². The van der Waals surface area contributed by atoms with Crippen molar-refractivity contribution in [3.8, 4) is 0 Å². The van der Waals surface area contributed by atoms with E-state index < -0.39 is 10.0 Å². The molecule has 0 bridgehead atoms. The number of nitrogens with two attached hydrogens (primary N) is 1. The van der Waals surface area contributed by atoms with Crippen molar-refractivity contribution in [3.63, 3.8) is 0 Å². The molecule has 1 aliphatic heterocycles. The second-order valence-corrected chi connectivity index (χ2v) is 8.07. The van der Waals surface area contributed by atoms with Crippen molar-refractivity contribution in [2.45, 2.75) is 62.9 Å². The summed E-state index contributed by atoms with van der Waals surface area (Å²) < 4.78 is 27.5. The first-order valence-corrected chi connectivity index (χ1v) is 9.15. The van der Waals surface area contributed by atoms with Gasteiger partial charge in [0.05, 0.1) is 4.90 Å². The molecule has 1 aromatic carbocycles. The van der Waals surface area contributed by atoms with E-state index in [9.17, 15) is 8.42 Å². The molecule has 4 nitrogen and oxygen atoms in total. The molecule has 2 unspecified atom stereocenters. The van der Waals surface area contributed by atoms with Gasteiger partial charge in [-0.2, -0.15) is 4.31 Å². The van der Waals surface area contributed by atoms with Gasteiger partial charge in [0.2, 0.25) is 10.0 Å². The van der Waals surface area contributed by atoms with Crippen LogP contribution in [0.2, 0.25) is 0 Å². The first-order chi connectivity index (χ1) is 9.87. The van der Waals surface area contributed by atoms with Gasteiger partial charge in [-0.15, -0.1) is 0 Å². The summed E-state index contributed by atoms with van der Waals surface area (Å²) in [6.07, 6.45) is 2.80. The number of rotatable bonds is 4. The lowest BCUT2D eigenvalue weighted by Gasteiger charge is -2.39. The molecule has 0 radical (unpaired) electrons. The van der Waals surface area contributed by atoms with Crippen LogP contribution >= 0.6 is 0 Å². The third-order valence-electron chi connectivity index (χ3n) is 4.35. The summed E-state index contributed by atoms with van der Waals surface area (Å²) >= 11 is 0. The van der Waals surface area contributed by atoms with Crippen molar-refractivity contribution in [3.05, 3.63) is 29.8 Å². The molecule has 5 heteroatoms. The molecule has 2 N–H and O–H groups in total. The Morgan fingerprint density at radius 1 is 1.24 bits per heavy atom. The number of piperidine rings is 1. The van der Waals surface area contributed by atoms with Crippen LogP contribution in [0.3, 0.4) is 0 Å². The fourth-order valence-corrected chi connectivity index (χ4v) is 4.95. The van der Waals surface area contributed by atoms with Gasteiger partial charge in [-0.25, -0.2) is 8.42 Å². The third-order valence-corrected chi connectivity index (χ3v) is 6.43. The monoisotopic (exact) mass is 310 g/mol. The van der Waals surface area contributed by atoms with E-state index in [4.69, 9.17) is 5.73 Å². The molecule has 0 amide bonds. The molecule has 2 rings (SSSR count). The molecule has 1 aliphatic rings. The number of sulfonamides is 1. The van der Waals surface area contributed by atoms with Crippen LogP contribution in [0.4, 0.5) is 0 Å². The molecule has 21 heavy (non-hydrogen) atoms. The molecule has 1 fully saturated rings. The first kappa shape index (κ1) is 16.5. The zero-order chi connectivity index (χ0) is 15.6. The predicted molar refractivity (Wildman–Crippen MR) is 85.7 cm³/mol. The molecular weight excluding hydrogens is 284 g/mol. The standard InChI is InChI=1S/C16H26N2O2S/c1-12(2)14-7-9-16(10-8-14)21(19,20)18-13(3)5-4-6-15(18)11-17/h7-10,12-13,15H,4-6,11,17H2,1-3H3. The van der Waals surface area contributed by atoms with E-state index in [0.717, 1.165) is 24.8 Å². The molecule has 1 aromatic rings. The fourth-order valence-electron chi connectivity index (χ4n) is 3.06. The van der Waals surface area contributed by atoms with E-state index >= 15 is 0 Å². The molecule has 0 spiro atoms. The lowest BCUT2D eigenvalue weighted by atomic mass is 10.00. The zero-order valence-corrected chi connectivity index (χ0v) is 13.9. The zero-order valence-electron chi connectivity index (χ0n) is 13.1. The smallest absolute Gasteiger partial charge is 0.243 e. The summed E-state index contributed by atoms with van der Waals surface area (Å²) in [4.78, 5) is 0.374. The molecule has 2 atom stereocenters. The van der Waals surface area contributed by atoms with Crippen LogP contribution in [0.15, 0.2) is 29.2 Å². The maximum Gasteiger partial charge on any atom is 0.243 e. The topological polar surface area (TPSA) is 63.4 Å². The van der Waals surface area contributed by atoms with E-state index in [1.807, 2.05) is 19.1 Å². The van der Waals surface area contributed by atoms with Gasteiger partial charge < -0.3 is 5.73 Å². The van der Waals surface area contributed by atoms with Gasteiger partial charge in [-0.3, -0.25) is 0 Å². The molecule has 118 valence electrons. The highest BCUT2D eigenvalue weighted by molar-refractivity contribution is 7.89. The van der Waals surface area contributed by atoms with Gasteiger partial charge in [0, 0.05) is 18.6 Å². The van der Waals surface area contributed by atoms with Crippen molar-refractivity contribution >= 4 is 10.0 Å². The summed E-state index contributed by atoms with van der Waals surface area (Å²) in [5, 5.41) is 0. The Labute approximate surface area is 128 Å². The van der Waals surface area contributed by atoms with E-state index in [2.05, 4.69) is 13.8 Å². The lowest BCUT2D eigenvalue weighted by molar-refractivity contribution is 0.196. The Morgan fingerprint density at radius 2 is 1.86 bits per heavy atom. The lowest BCUT2D eigenvalue weighted by Crippen LogP contribution is -2.51. The van der Waals surface area contributed by atoms with Gasteiger partial charge in [-0.05, 0) is 43.4 Å². The number of benzene rings is 1. The Bertz CT molecular complexity index is 566. The molecule has 1 heterocycles. The van der Waals surface area contributed by atoms with Crippen LogP contribution in [0, 0.1) is 0 Å². The highest BCUT2D eigenvalue weighted by atomic mass is 32.2. The highest BCUT2D eigenvalue weighted by Crippen LogP contribution is 2.29. The summed E-state index contributed by atoms with van der Waals surface area (Å²) in [7, 11) is -3.46. The van der Waals surface area contributed by atoms with Crippen LogP contribution in [-0.4, -0.2) is 31.4 Å². The van der Waals surface area contributed by atoms with Gasteiger partial charge in [0.15, 0.2) is 0 Å². The minimum atomic E-state index is -3.46. The molecular formula is C16H26N2O2S. The summed E-state index contributed by atoms with van der Waals surface area (Å²) in [6, 6.07) is 7.19. The maximum atomic E-state index is 12.9. The fraction of sp³-hybridized carbons (Fsp3) is 0.625. The van der Waals surface area contributed by atoms with E-state index in [1.165, 1.54) is 0 Å². The highest BCUT2D eigenvalue weighted by Gasteiger charge is 2.37. The Morgan fingerprint density at radius 3 is 2.38 bits per heavy atom. The van der Waals surface area contributed by atoms with Crippen LogP contribution in [0.5, 0.6) is 0 Å². The summed E-state index contributed by atoms with van der Waals surface area (Å²) in [5.41, 5.74) is 6.94. The van der Waals surface area contributed by atoms with Crippen molar-refractivity contribution in [2.24, 2.45) is 5.73 Å². The van der Waals surface area contributed by atoms with Crippen LogP contribution in [-0.2, 0) is 10.0 Å². The Balaban J connectivity index is 2.35. The number of hydrogen-bond acceptors (Lipinski definition) is 3. The number of nitrogens with zero attached hydrogens (tertiary/aromatic N) is 1. The Kier molecular flexibility index (Phi) is 5.07. The average Bonchev–Trinajstić information content (AvgIpc) is 2.46. The van der Waals surface area contributed by atoms with Crippen LogP contribution in [0.1, 0.15) is 51.5 Å². The maximum absolute atomic E-state index is 12.9. The Hall–Kier alpha value is -0.910. The molecule has 0 aliphatic carbocycles. The summed E-state index contributed by atoms with van der Waals surface area (Å²) in [6.45, 7) is 6.55. The van der Waals surface area contributed by atoms with Crippen molar-refractivity contribution in [2.75, 3.05) is 6.54 Å². The van der Waals surface area contributed by atoms with Crippen molar-refractivity contribution in [1.29, 1.82) is 0 Å². The summed E-state index contributed by atoms with van der Waals surface area (Å²) in [5.74, 6) is 0.396. The van der Waals surface area contributed by atoms with Gasteiger partial charge in [0.1, 0.15) is 0 Å². The van der Waals surface area contributed by atoms with Crippen LogP contribution in [0.25, 0.3) is 0 Å². The van der Waals surface area contributed by atoms with Crippen LogP contribution < -0.4 is 5.73 Å². The van der Waals surface area contributed by atoms with E-state index in [-0.39, 0.29) is 12.1 Å². The van der Waals surface area contributed by atoms with Gasteiger partial charge in [0.25, 0.3) is 0 Å². The van der Waals surface area contributed by atoms with Gasteiger partial charge in [-0.1, -0.05) is 32.4 Å². The molecule has 0 aromatic heterocycles. The third kappa shape index (κ3) is 3.30. The second-order valence-electron chi connectivity index (χ2n) is 6.23. The SMILES string of the molecule is CC(C)c1ccc(S(=O)(=O)N2C(C)CCCC2CN)cc1. The van der Waals surface area contributed by atoms with Gasteiger partial charge >= 0.3 is 0 Å². The number of hydrogen-bond donors (Lipinski definition) is 1. The minimum Gasteiger partial charge on any atom is -0.329 e. The first-order valence-electron chi connectivity index (χ1n) is 7.71. The van der Waals surface area contributed by atoms with E-state index in [1.54, 1.807) is 16.4 Å². The minimum absolute atomic E-state index is 0.0158. The van der Waals surface area contributed by atoms with Crippen molar-refractivity contribution < 1.29 is 8.42 Å². The quantitative estimate of drug-likeness (QED) is 0.930. The largest absolute Gasteiger partial charge is 0.329 e. The molecule has 0 saturated carbocycles. The van der Waals surface area contributed by atoms with E-state index in [0.29, 0.717) is 17.4 Å². The average molecular weight is 310 g/mol. The second kappa shape index (κ2) is 6.46. The normalized spacial score (nSPS) is 24.4. The molecule has 1 saturated heterocycles. The predicted octanol–water partition coefficient (Wildman–Crippen LogP) is 2.70.